The maximum absolute atomic E-state index is 12.2. The Hall–Kier alpha value is -0.910. The van der Waals surface area contributed by atoms with Crippen molar-refractivity contribution in [1.82, 2.24) is 9.55 Å². The maximum Gasteiger partial charge on any atom is 0.354 e. The van der Waals surface area contributed by atoms with Crippen LogP contribution in [0.3, 0.4) is 0 Å². The van der Waals surface area contributed by atoms with Crippen LogP contribution in [0.5, 0.6) is 5.88 Å². The highest BCUT2D eigenvalue weighted by Gasteiger charge is 2.58. The molecule has 4 rings (SSSR count). The van der Waals surface area contributed by atoms with Crippen molar-refractivity contribution >= 4 is 28.4 Å². The summed E-state index contributed by atoms with van der Waals surface area (Å²) in [7, 11) is 0. The number of halogens is 1. The van der Waals surface area contributed by atoms with Gasteiger partial charge in [0.05, 0.1) is 0 Å². The summed E-state index contributed by atoms with van der Waals surface area (Å²) in [4.78, 5) is 16.1. The van der Waals surface area contributed by atoms with Gasteiger partial charge in [-0.25, -0.2) is 9.36 Å². The number of nitrogens with two attached hydrogens (primary N) is 1. The fraction of sp³-hybridized carbons (Fsp3) is 0.667. The van der Waals surface area contributed by atoms with Gasteiger partial charge in [0.25, 0.3) is 0 Å². The standard InChI is InChI=1S/C12H14IN3O5/c1-12(2)20-6-4-3-18-9-5(13)8(14)15-11(17)16(9)10(19-4)7(6)21-12/h4,6-7,10H,3H2,1-2H3,(H2,14,15,17)/t4-,6-,7-,10-/m1/s1. The first-order chi connectivity index (χ1) is 9.87. The van der Waals surface area contributed by atoms with Crippen LogP contribution in [0.2, 0.25) is 0 Å². The summed E-state index contributed by atoms with van der Waals surface area (Å²) < 4.78 is 25.3. The van der Waals surface area contributed by atoms with Crippen molar-refractivity contribution in [2.45, 2.75) is 44.2 Å². The Morgan fingerprint density at radius 2 is 2.10 bits per heavy atom. The predicted octanol–water partition coefficient (Wildman–Crippen LogP) is 0.240. The molecule has 3 aliphatic rings. The van der Waals surface area contributed by atoms with Crippen LogP contribution in [0, 0.1) is 3.57 Å². The molecular weight excluding hydrogens is 393 g/mol. The number of nitrogen functional groups attached to an aromatic ring is 1. The van der Waals surface area contributed by atoms with Gasteiger partial charge in [-0.2, -0.15) is 4.98 Å². The Kier molecular flexibility index (Phi) is 2.82. The lowest BCUT2D eigenvalue weighted by atomic mass is 10.1. The highest BCUT2D eigenvalue weighted by molar-refractivity contribution is 14.1. The fourth-order valence-electron chi connectivity index (χ4n) is 3.03. The summed E-state index contributed by atoms with van der Waals surface area (Å²) >= 11 is 2.01. The van der Waals surface area contributed by atoms with Gasteiger partial charge in [0.15, 0.2) is 12.0 Å². The zero-order chi connectivity index (χ0) is 14.9. The molecule has 114 valence electrons. The molecular formula is C12H14IN3O5. The minimum atomic E-state index is -0.710. The second-order valence-electron chi connectivity index (χ2n) is 5.71. The Bertz CT molecular complexity index is 676. The first-order valence-corrected chi connectivity index (χ1v) is 7.67. The number of fused-ring (bicyclic) bond motifs is 7. The molecule has 4 atom stereocenters. The lowest BCUT2D eigenvalue weighted by Crippen LogP contribution is -2.38. The van der Waals surface area contributed by atoms with Crippen LogP contribution in [-0.4, -0.2) is 40.3 Å². The molecule has 2 N–H and O–H groups in total. The summed E-state index contributed by atoms with van der Waals surface area (Å²) in [5.74, 6) is -0.171. The number of hydrogen-bond donors (Lipinski definition) is 1. The molecule has 1 aromatic heterocycles. The maximum atomic E-state index is 12.2. The third-order valence-corrected chi connectivity index (χ3v) is 4.83. The molecule has 9 heteroatoms. The van der Waals surface area contributed by atoms with Crippen molar-refractivity contribution in [1.29, 1.82) is 0 Å². The number of nitrogens with zero attached hydrogens (tertiary/aromatic N) is 2. The lowest BCUT2D eigenvalue weighted by molar-refractivity contribution is -0.195. The molecule has 0 radical (unpaired) electrons. The SMILES string of the molecule is CC1(C)O[C@@H]2[C@H](O1)[C@H]1COc3c(I)c(N)nc(=O)n3[C@@H]2O1. The van der Waals surface area contributed by atoms with Crippen LogP contribution in [0.25, 0.3) is 0 Å². The van der Waals surface area contributed by atoms with E-state index >= 15 is 0 Å². The molecule has 3 aliphatic heterocycles. The molecule has 0 saturated carbocycles. The van der Waals surface area contributed by atoms with E-state index in [9.17, 15) is 4.79 Å². The number of hydrogen-bond acceptors (Lipinski definition) is 7. The van der Waals surface area contributed by atoms with E-state index in [0.717, 1.165) is 0 Å². The second-order valence-corrected chi connectivity index (χ2v) is 6.79. The van der Waals surface area contributed by atoms with Gasteiger partial charge in [-0.05, 0) is 36.4 Å². The van der Waals surface area contributed by atoms with Crippen LogP contribution < -0.4 is 16.2 Å². The number of anilines is 1. The average Bonchev–Trinajstić information content (AvgIpc) is 2.78. The number of ether oxygens (including phenoxy) is 4. The van der Waals surface area contributed by atoms with Crippen molar-refractivity contribution in [2.75, 3.05) is 12.3 Å². The summed E-state index contributed by atoms with van der Waals surface area (Å²) in [6, 6.07) is 0. The normalized spacial score (nSPS) is 35.8. The first-order valence-electron chi connectivity index (χ1n) is 6.59. The van der Waals surface area contributed by atoms with Gasteiger partial charge in [0.1, 0.15) is 34.3 Å². The van der Waals surface area contributed by atoms with E-state index in [4.69, 9.17) is 24.7 Å². The zero-order valence-electron chi connectivity index (χ0n) is 11.4. The minimum Gasteiger partial charge on any atom is -0.475 e. The fourth-order valence-corrected chi connectivity index (χ4v) is 3.56. The van der Waals surface area contributed by atoms with Crippen molar-refractivity contribution in [3.8, 4) is 5.88 Å². The molecule has 4 heterocycles. The van der Waals surface area contributed by atoms with Gasteiger partial charge in [-0.15, -0.1) is 0 Å². The third kappa shape index (κ3) is 1.91. The van der Waals surface area contributed by atoms with Crippen LogP contribution in [0.15, 0.2) is 4.79 Å². The molecule has 0 amide bonds. The molecule has 0 aliphatic carbocycles. The lowest BCUT2D eigenvalue weighted by Gasteiger charge is -2.23. The van der Waals surface area contributed by atoms with Crippen molar-refractivity contribution < 1.29 is 18.9 Å². The Morgan fingerprint density at radius 1 is 1.38 bits per heavy atom. The van der Waals surface area contributed by atoms with Gasteiger partial charge in [-0.3, -0.25) is 0 Å². The molecule has 0 aromatic carbocycles. The van der Waals surface area contributed by atoms with E-state index in [-0.39, 0.29) is 30.7 Å². The molecule has 2 saturated heterocycles. The van der Waals surface area contributed by atoms with E-state index in [0.29, 0.717) is 9.45 Å². The van der Waals surface area contributed by atoms with Crippen molar-refractivity contribution in [2.24, 2.45) is 0 Å². The van der Waals surface area contributed by atoms with Crippen LogP contribution >= 0.6 is 22.6 Å². The molecule has 2 fully saturated rings. The van der Waals surface area contributed by atoms with Crippen molar-refractivity contribution in [3.05, 3.63) is 14.1 Å². The first kappa shape index (κ1) is 13.7. The zero-order valence-corrected chi connectivity index (χ0v) is 13.6. The monoisotopic (exact) mass is 407 g/mol. The van der Waals surface area contributed by atoms with Crippen LogP contribution in [0.1, 0.15) is 20.1 Å². The van der Waals surface area contributed by atoms with Gasteiger partial charge in [0.2, 0.25) is 5.88 Å². The Balaban J connectivity index is 1.87. The highest BCUT2D eigenvalue weighted by Crippen LogP contribution is 2.45. The van der Waals surface area contributed by atoms with Crippen molar-refractivity contribution in [3.63, 3.8) is 0 Å². The smallest absolute Gasteiger partial charge is 0.354 e. The van der Waals surface area contributed by atoms with E-state index in [1.165, 1.54) is 4.57 Å². The topological polar surface area (TPSA) is 97.8 Å². The van der Waals surface area contributed by atoms with Gasteiger partial charge in [0, 0.05) is 0 Å². The molecule has 8 nitrogen and oxygen atoms in total. The summed E-state index contributed by atoms with van der Waals surface area (Å²) in [6.45, 7) is 3.95. The molecule has 1 aromatic rings. The van der Waals surface area contributed by atoms with E-state index in [1.807, 2.05) is 36.4 Å². The largest absolute Gasteiger partial charge is 0.475 e. The van der Waals surface area contributed by atoms with E-state index in [2.05, 4.69) is 4.98 Å². The van der Waals surface area contributed by atoms with E-state index in [1.54, 1.807) is 0 Å². The van der Waals surface area contributed by atoms with Crippen LogP contribution in [0.4, 0.5) is 5.82 Å². The summed E-state index contributed by atoms with van der Waals surface area (Å²) in [5.41, 5.74) is 5.22. The summed E-state index contributed by atoms with van der Waals surface area (Å²) in [6.07, 6.45) is -1.54. The Labute approximate surface area is 133 Å². The van der Waals surface area contributed by atoms with Gasteiger partial charge >= 0.3 is 5.69 Å². The van der Waals surface area contributed by atoms with Gasteiger partial charge < -0.3 is 24.7 Å². The second kappa shape index (κ2) is 4.31. The number of aromatic nitrogens is 2. The molecule has 21 heavy (non-hydrogen) atoms. The summed E-state index contributed by atoms with van der Waals surface area (Å²) in [5, 5.41) is 0. The van der Waals surface area contributed by atoms with Gasteiger partial charge in [-0.1, -0.05) is 0 Å². The number of rotatable bonds is 0. The Morgan fingerprint density at radius 3 is 2.86 bits per heavy atom. The molecule has 0 unspecified atom stereocenters. The molecule has 0 spiro atoms. The van der Waals surface area contributed by atoms with Crippen LogP contribution in [-0.2, 0) is 14.2 Å². The minimum absolute atomic E-state index is 0.157. The van der Waals surface area contributed by atoms with E-state index < -0.39 is 17.7 Å². The average molecular weight is 407 g/mol. The predicted molar refractivity (Wildman–Crippen MR) is 78.9 cm³/mol. The third-order valence-electron chi connectivity index (χ3n) is 3.82. The quantitative estimate of drug-likeness (QED) is 0.616. The molecule has 2 bridgehead atoms. The highest BCUT2D eigenvalue weighted by atomic mass is 127.